The van der Waals surface area contributed by atoms with Gasteiger partial charge in [0.1, 0.15) is 16.4 Å². The SMILES string of the molecule is CCCN(Cc1nc(-c2ccc(OC)cc2)no1)S(=O)(=O)c1cc(Cl)ccc1OC. The van der Waals surface area contributed by atoms with Gasteiger partial charge in [-0.3, -0.25) is 0 Å². The summed E-state index contributed by atoms with van der Waals surface area (Å²) in [5.74, 6) is 1.46. The summed E-state index contributed by atoms with van der Waals surface area (Å²) in [6, 6.07) is 11.6. The van der Waals surface area contributed by atoms with Gasteiger partial charge in [-0.05, 0) is 48.9 Å². The Hall–Kier alpha value is -2.62. The molecule has 0 bridgehead atoms. The topological polar surface area (TPSA) is 94.8 Å². The molecule has 0 N–H and O–H groups in total. The number of hydrogen-bond acceptors (Lipinski definition) is 7. The van der Waals surface area contributed by atoms with Gasteiger partial charge in [0.25, 0.3) is 0 Å². The number of aromatic nitrogens is 2. The lowest BCUT2D eigenvalue weighted by atomic mass is 10.2. The van der Waals surface area contributed by atoms with Gasteiger partial charge in [-0.25, -0.2) is 8.42 Å². The fourth-order valence-corrected chi connectivity index (χ4v) is 4.75. The highest BCUT2D eigenvalue weighted by atomic mass is 35.5. The van der Waals surface area contributed by atoms with Gasteiger partial charge in [0.2, 0.25) is 21.7 Å². The number of halogens is 1. The monoisotopic (exact) mass is 451 g/mol. The molecule has 0 atom stereocenters. The van der Waals surface area contributed by atoms with Gasteiger partial charge in [0.15, 0.2) is 0 Å². The number of methoxy groups -OCH3 is 2. The van der Waals surface area contributed by atoms with Gasteiger partial charge in [0, 0.05) is 17.1 Å². The van der Waals surface area contributed by atoms with Crippen LogP contribution in [0.2, 0.25) is 5.02 Å². The van der Waals surface area contributed by atoms with Crippen molar-refractivity contribution in [2.24, 2.45) is 0 Å². The normalized spacial score (nSPS) is 11.6. The Morgan fingerprint density at radius 1 is 1.10 bits per heavy atom. The lowest BCUT2D eigenvalue weighted by Crippen LogP contribution is -2.31. The first-order valence-corrected chi connectivity index (χ1v) is 11.0. The van der Waals surface area contributed by atoms with Crippen molar-refractivity contribution in [1.29, 1.82) is 0 Å². The third kappa shape index (κ3) is 4.75. The van der Waals surface area contributed by atoms with Crippen molar-refractivity contribution in [3.8, 4) is 22.9 Å². The van der Waals surface area contributed by atoms with Gasteiger partial charge in [0.05, 0.1) is 20.8 Å². The van der Waals surface area contributed by atoms with E-state index in [-0.39, 0.29) is 29.6 Å². The maximum Gasteiger partial charge on any atom is 0.247 e. The van der Waals surface area contributed by atoms with E-state index < -0.39 is 10.0 Å². The van der Waals surface area contributed by atoms with Crippen molar-refractivity contribution in [2.75, 3.05) is 20.8 Å². The van der Waals surface area contributed by atoms with Crippen LogP contribution in [0.1, 0.15) is 19.2 Å². The fourth-order valence-electron chi connectivity index (χ4n) is 2.85. The lowest BCUT2D eigenvalue weighted by Gasteiger charge is -2.21. The molecule has 0 saturated heterocycles. The predicted octanol–water partition coefficient (Wildman–Crippen LogP) is 4.01. The molecule has 1 aromatic heterocycles. The molecule has 0 aliphatic carbocycles. The van der Waals surface area contributed by atoms with Crippen LogP contribution in [0.5, 0.6) is 11.5 Å². The Labute approximate surface area is 180 Å². The van der Waals surface area contributed by atoms with Crippen LogP contribution in [-0.4, -0.2) is 43.6 Å². The number of nitrogens with zero attached hydrogens (tertiary/aromatic N) is 3. The van der Waals surface area contributed by atoms with E-state index in [0.29, 0.717) is 23.0 Å². The average molecular weight is 452 g/mol. The van der Waals surface area contributed by atoms with Gasteiger partial charge >= 0.3 is 0 Å². The van der Waals surface area contributed by atoms with E-state index in [1.54, 1.807) is 37.4 Å². The first-order valence-electron chi connectivity index (χ1n) is 9.19. The maximum absolute atomic E-state index is 13.3. The largest absolute Gasteiger partial charge is 0.497 e. The van der Waals surface area contributed by atoms with Gasteiger partial charge in [-0.2, -0.15) is 9.29 Å². The zero-order valence-electron chi connectivity index (χ0n) is 16.8. The highest BCUT2D eigenvalue weighted by Crippen LogP contribution is 2.30. The van der Waals surface area contributed by atoms with Crippen LogP contribution in [0.3, 0.4) is 0 Å². The summed E-state index contributed by atoms with van der Waals surface area (Å²) < 4.78 is 43.5. The lowest BCUT2D eigenvalue weighted by molar-refractivity contribution is 0.314. The summed E-state index contributed by atoms with van der Waals surface area (Å²) in [4.78, 5) is 4.33. The summed E-state index contributed by atoms with van der Waals surface area (Å²) in [5, 5.41) is 4.26. The molecule has 0 saturated carbocycles. The van der Waals surface area contributed by atoms with Crippen LogP contribution in [0.15, 0.2) is 51.9 Å². The summed E-state index contributed by atoms with van der Waals surface area (Å²) in [6.45, 7) is 2.07. The first-order chi connectivity index (χ1) is 14.4. The van der Waals surface area contributed by atoms with Crippen LogP contribution < -0.4 is 9.47 Å². The number of rotatable bonds is 9. The molecule has 0 fully saturated rings. The molecule has 1 heterocycles. The van der Waals surface area contributed by atoms with Gasteiger partial charge in [-0.15, -0.1) is 0 Å². The molecule has 0 unspecified atom stereocenters. The van der Waals surface area contributed by atoms with Crippen molar-refractivity contribution in [2.45, 2.75) is 24.8 Å². The second-order valence-electron chi connectivity index (χ2n) is 6.37. The highest BCUT2D eigenvalue weighted by molar-refractivity contribution is 7.89. The molecule has 2 aromatic carbocycles. The second-order valence-corrected chi connectivity index (χ2v) is 8.72. The van der Waals surface area contributed by atoms with Crippen LogP contribution in [0, 0.1) is 0 Å². The number of hydrogen-bond donors (Lipinski definition) is 0. The van der Waals surface area contributed by atoms with Crippen molar-refractivity contribution in [3.05, 3.63) is 53.4 Å². The standard InChI is InChI=1S/C20H22ClN3O5S/c1-4-11-24(30(25,26)18-12-15(21)7-10-17(18)28-3)13-19-22-20(23-29-19)14-5-8-16(27-2)9-6-14/h5-10,12H,4,11,13H2,1-3H3. The van der Waals surface area contributed by atoms with E-state index in [4.69, 9.17) is 25.6 Å². The summed E-state index contributed by atoms with van der Waals surface area (Å²) in [6.07, 6.45) is 0.599. The maximum atomic E-state index is 13.3. The quantitative estimate of drug-likeness (QED) is 0.485. The van der Waals surface area contributed by atoms with E-state index >= 15 is 0 Å². The van der Waals surface area contributed by atoms with Gasteiger partial charge in [-0.1, -0.05) is 23.7 Å². The Morgan fingerprint density at radius 3 is 2.47 bits per heavy atom. The molecule has 0 spiro atoms. The van der Waals surface area contributed by atoms with Crippen LogP contribution in [0.25, 0.3) is 11.4 Å². The third-order valence-corrected chi connectivity index (χ3v) is 6.45. The first kappa shape index (κ1) is 22.1. The summed E-state index contributed by atoms with van der Waals surface area (Å²) >= 11 is 6.03. The van der Waals surface area contributed by atoms with Crippen LogP contribution >= 0.6 is 11.6 Å². The summed E-state index contributed by atoms with van der Waals surface area (Å²) in [5.41, 5.74) is 0.729. The molecular formula is C20H22ClN3O5S. The van der Waals surface area contributed by atoms with Gasteiger partial charge < -0.3 is 14.0 Å². The smallest absolute Gasteiger partial charge is 0.247 e. The van der Waals surface area contributed by atoms with Crippen molar-refractivity contribution in [3.63, 3.8) is 0 Å². The zero-order chi connectivity index (χ0) is 21.7. The molecule has 3 rings (SSSR count). The Morgan fingerprint density at radius 2 is 1.83 bits per heavy atom. The molecular weight excluding hydrogens is 430 g/mol. The highest BCUT2D eigenvalue weighted by Gasteiger charge is 2.29. The minimum absolute atomic E-state index is 0.0131. The molecule has 8 nitrogen and oxygen atoms in total. The Kier molecular flexibility index (Phi) is 6.96. The van der Waals surface area contributed by atoms with E-state index in [9.17, 15) is 8.42 Å². The summed E-state index contributed by atoms with van der Waals surface area (Å²) in [7, 11) is -0.921. The molecule has 10 heteroatoms. The third-order valence-electron chi connectivity index (χ3n) is 4.34. The number of sulfonamides is 1. The molecule has 3 aromatic rings. The minimum atomic E-state index is -3.91. The predicted molar refractivity (Wildman–Crippen MR) is 112 cm³/mol. The molecule has 0 amide bonds. The molecule has 160 valence electrons. The molecule has 0 aliphatic heterocycles. The number of benzene rings is 2. The van der Waals surface area contributed by atoms with Crippen molar-refractivity contribution >= 4 is 21.6 Å². The molecule has 30 heavy (non-hydrogen) atoms. The average Bonchev–Trinajstić information content (AvgIpc) is 3.22. The zero-order valence-corrected chi connectivity index (χ0v) is 18.4. The Bertz CT molecular complexity index is 1100. The number of ether oxygens (including phenoxy) is 2. The van der Waals surface area contributed by atoms with Crippen LogP contribution in [0.4, 0.5) is 0 Å². The second kappa shape index (κ2) is 9.46. The van der Waals surface area contributed by atoms with Crippen LogP contribution in [-0.2, 0) is 16.6 Å². The van der Waals surface area contributed by atoms with Crippen molar-refractivity contribution in [1.82, 2.24) is 14.4 Å². The van der Waals surface area contributed by atoms with E-state index in [2.05, 4.69) is 10.1 Å². The van der Waals surface area contributed by atoms with E-state index in [1.807, 2.05) is 6.92 Å². The minimum Gasteiger partial charge on any atom is -0.497 e. The van der Waals surface area contributed by atoms with E-state index in [1.165, 1.54) is 23.5 Å². The fraction of sp³-hybridized carbons (Fsp3) is 0.300. The Balaban J connectivity index is 1.89. The molecule has 0 aliphatic rings. The van der Waals surface area contributed by atoms with Crippen molar-refractivity contribution < 1.29 is 22.4 Å². The molecule has 0 radical (unpaired) electrons. The van der Waals surface area contributed by atoms with E-state index in [0.717, 1.165) is 5.56 Å².